The number of benzene rings is 1. The second-order valence-corrected chi connectivity index (χ2v) is 7.09. The molecular formula is C19H13F2N7O4S. The molecule has 0 aliphatic carbocycles. The maximum Gasteiger partial charge on any atom is 0.387 e. The number of carbonyl (C=O) groups excluding carboxylic acids is 1. The lowest BCUT2D eigenvalue weighted by Crippen LogP contribution is -2.12. The fraction of sp³-hybridized carbons (Fsp3) is 0.0526. The number of amides is 1. The summed E-state index contributed by atoms with van der Waals surface area (Å²) in [4.78, 5) is 25.3. The average Bonchev–Trinajstić information content (AvgIpc) is 3.52. The van der Waals surface area contributed by atoms with Crippen LogP contribution in [0.25, 0.3) is 27.0 Å². The molecule has 5 aromatic rings. The molecule has 1 aromatic carbocycles. The van der Waals surface area contributed by atoms with Crippen LogP contribution in [-0.2, 0) is 4.79 Å². The Hall–Kier alpha value is -4.46. The van der Waals surface area contributed by atoms with Gasteiger partial charge in [-0.1, -0.05) is 0 Å². The van der Waals surface area contributed by atoms with Crippen molar-refractivity contribution >= 4 is 45.3 Å². The van der Waals surface area contributed by atoms with Gasteiger partial charge in [0.2, 0.25) is 0 Å². The second-order valence-electron chi connectivity index (χ2n) is 6.25. The summed E-state index contributed by atoms with van der Waals surface area (Å²) in [6.45, 7) is -3.26. The Bertz CT molecular complexity index is 1430. The van der Waals surface area contributed by atoms with Gasteiger partial charge in [-0.25, -0.2) is 9.50 Å². The van der Waals surface area contributed by atoms with E-state index < -0.39 is 12.5 Å². The summed E-state index contributed by atoms with van der Waals surface area (Å²) in [5.74, 6) is -0.528. The molecule has 0 unspecified atom stereocenters. The molecule has 0 saturated carbocycles. The predicted molar refractivity (Wildman–Crippen MR) is 113 cm³/mol. The number of fused-ring (bicyclic) bond motifs is 2. The molecule has 3 N–H and O–H groups in total. The van der Waals surface area contributed by atoms with Crippen LogP contribution in [0, 0.1) is 0 Å². The molecule has 33 heavy (non-hydrogen) atoms. The topological polar surface area (TPSA) is 147 Å². The molecule has 5 rings (SSSR count). The van der Waals surface area contributed by atoms with Gasteiger partial charge in [-0.3, -0.25) is 14.7 Å². The SMILES string of the molecule is O=C(Nc1cn[nH]c1-c1cc2cnsc2cc1OC(F)F)c1cnn2cccnc12.O=CO. The maximum atomic E-state index is 13.0. The first-order valence-electron chi connectivity index (χ1n) is 9.06. The minimum Gasteiger partial charge on any atom is -0.483 e. The smallest absolute Gasteiger partial charge is 0.387 e. The molecule has 0 bridgehead atoms. The van der Waals surface area contributed by atoms with E-state index in [9.17, 15) is 13.6 Å². The van der Waals surface area contributed by atoms with Crippen molar-refractivity contribution in [3.63, 3.8) is 0 Å². The molecule has 11 nitrogen and oxygen atoms in total. The van der Waals surface area contributed by atoms with E-state index in [2.05, 4.69) is 30.0 Å². The molecule has 0 saturated heterocycles. The lowest BCUT2D eigenvalue weighted by atomic mass is 10.1. The van der Waals surface area contributed by atoms with Crippen molar-refractivity contribution < 1.29 is 28.2 Å². The van der Waals surface area contributed by atoms with E-state index >= 15 is 0 Å². The van der Waals surface area contributed by atoms with Gasteiger partial charge in [0.1, 0.15) is 11.3 Å². The number of H-pyrrole nitrogens is 1. The number of rotatable bonds is 5. The summed E-state index contributed by atoms with van der Waals surface area (Å²) in [5.41, 5.74) is 1.55. The summed E-state index contributed by atoms with van der Waals surface area (Å²) >= 11 is 1.16. The second kappa shape index (κ2) is 9.35. The first-order valence-corrected chi connectivity index (χ1v) is 9.83. The van der Waals surface area contributed by atoms with Gasteiger partial charge in [-0.2, -0.15) is 23.4 Å². The molecule has 0 fully saturated rings. The number of nitrogens with one attached hydrogen (secondary N) is 2. The lowest BCUT2D eigenvalue weighted by Gasteiger charge is -2.12. The standard InChI is InChI=1S/C18H11F2N7O2S.CH2O2/c19-18(20)29-13-5-14-9(6-24-30-14)4-10(13)15-12(8-22-26-15)25-17(28)11-7-23-27-3-1-2-21-16(11)27;2-1-3/h1-8,18H,(H,22,26)(H,25,28);1H,(H,2,3). The Kier molecular flexibility index (Phi) is 6.17. The Morgan fingerprint density at radius 1 is 1.30 bits per heavy atom. The van der Waals surface area contributed by atoms with Crippen molar-refractivity contribution in [3.8, 4) is 17.0 Å². The number of hydrogen-bond donors (Lipinski definition) is 3. The van der Waals surface area contributed by atoms with Gasteiger partial charge in [0, 0.05) is 35.6 Å². The Morgan fingerprint density at radius 2 is 2.12 bits per heavy atom. The molecule has 0 aliphatic rings. The predicted octanol–water partition coefficient (Wildman–Crippen LogP) is 3.28. The summed E-state index contributed by atoms with van der Waals surface area (Å²) in [6, 6.07) is 4.82. The third kappa shape index (κ3) is 4.45. The Labute approximate surface area is 186 Å². The number of hydrogen-bond acceptors (Lipinski definition) is 8. The molecule has 4 aromatic heterocycles. The van der Waals surface area contributed by atoms with Gasteiger partial charge in [-0.05, 0) is 23.7 Å². The van der Waals surface area contributed by atoms with Crippen LogP contribution in [0.4, 0.5) is 14.5 Å². The average molecular weight is 473 g/mol. The van der Waals surface area contributed by atoms with E-state index in [1.165, 1.54) is 23.0 Å². The fourth-order valence-electron chi connectivity index (χ4n) is 3.05. The van der Waals surface area contributed by atoms with Crippen molar-refractivity contribution in [1.29, 1.82) is 0 Å². The van der Waals surface area contributed by atoms with E-state index in [0.717, 1.165) is 16.9 Å². The molecule has 168 valence electrons. The van der Waals surface area contributed by atoms with Crippen molar-refractivity contribution in [2.75, 3.05) is 5.32 Å². The summed E-state index contributed by atoms with van der Waals surface area (Å²) < 4.78 is 36.9. The van der Waals surface area contributed by atoms with Crippen LogP contribution < -0.4 is 10.1 Å². The molecule has 0 spiro atoms. The summed E-state index contributed by atoms with van der Waals surface area (Å²) in [5, 5.41) is 21.1. The van der Waals surface area contributed by atoms with Crippen LogP contribution >= 0.6 is 11.5 Å². The van der Waals surface area contributed by atoms with E-state index in [1.807, 2.05) is 0 Å². The first-order chi connectivity index (χ1) is 16.0. The highest BCUT2D eigenvalue weighted by Gasteiger charge is 2.21. The number of alkyl halides is 2. The van der Waals surface area contributed by atoms with E-state index in [4.69, 9.17) is 14.6 Å². The highest BCUT2D eigenvalue weighted by Crippen LogP contribution is 2.38. The van der Waals surface area contributed by atoms with Crippen LogP contribution in [-0.4, -0.2) is 53.3 Å². The number of nitrogens with zero attached hydrogens (tertiary/aromatic N) is 5. The molecule has 1 amide bonds. The van der Waals surface area contributed by atoms with Crippen LogP contribution in [0.1, 0.15) is 10.4 Å². The largest absolute Gasteiger partial charge is 0.483 e. The molecule has 14 heteroatoms. The molecule has 0 aliphatic heterocycles. The maximum absolute atomic E-state index is 13.0. The van der Waals surface area contributed by atoms with E-state index in [0.29, 0.717) is 21.6 Å². The van der Waals surface area contributed by atoms with Crippen LogP contribution in [0.5, 0.6) is 5.75 Å². The summed E-state index contributed by atoms with van der Waals surface area (Å²) in [7, 11) is 0. The summed E-state index contributed by atoms with van der Waals surface area (Å²) in [6.07, 6.45) is 7.62. The monoisotopic (exact) mass is 473 g/mol. The zero-order valence-electron chi connectivity index (χ0n) is 16.3. The third-order valence-electron chi connectivity index (χ3n) is 4.35. The van der Waals surface area contributed by atoms with E-state index in [-0.39, 0.29) is 23.5 Å². The van der Waals surface area contributed by atoms with Crippen LogP contribution in [0.15, 0.2) is 49.2 Å². The molecular weight excluding hydrogens is 460 g/mol. The van der Waals surface area contributed by atoms with Crippen molar-refractivity contribution in [2.24, 2.45) is 0 Å². The van der Waals surface area contributed by atoms with Gasteiger partial charge in [0.25, 0.3) is 12.4 Å². The minimum absolute atomic E-state index is 0.0563. The fourth-order valence-corrected chi connectivity index (χ4v) is 3.71. The lowest BCUT2D eigenvalue weighted by molar-refractivity contribution is -0.122. The van der Waals surface area contributed by atoms with Crippen molar-refractivity contribution in [2.45, 2.75) is 6.61 Å². The molecule has 4 heterocycles. The number of carboxylic acid groups (broad SMARTS) is 1. The molecule has 0 atom stereocenters. The van der Waals surface area contributed by atoms with Gasteiger partial charge in [0.15, 0.2) is 5.65 Å². The number of aromatic nitrogens is 6. The number of halogens is 2. The van der Waals surface area contributed by atoms with Gasteiger partial charge in [-0.15, -0.1) is 0 Å². The normalized spacial score (nSPS) is 10.8. The van der Waals surface area contributed by atoms with Crippen LogP contribution in [0.3, 0.4) is 0 Å². The Morgan fingerprint density at radius 3 is 2.91 bits per heavy atom. The quantitative estimate of drug-likeness (QED) is 0.330. The van der Waals surface area contributed by atoms with Crippen molar-refractivity contribution in [1.82, 2.24) is 29.2 Å². The van der Waals surface area contributed by atoms with Gasteiger partial charge >= 0.3 is 6.61 Å². The highest BCUT2D eigenvalue weighted by molar-refractivity contribution is 7.13. The Balaban J connectivity index is 0.000000821. The third-order valence-corrected chi connectivity index (χ3v) is 5.11. The van der Waals surface area contributed by atoms with E-state index in [1.54, 1.807) is 30.7 Å². The number of carbonyl (C=O) groups is 2. The van der Waals surface area contributed by atoms with Gasteiger partial charge < -0.3 is 15.2 Å². The van der Waals surface area contributed by atoms with Gasteiger partial charge in [0.05, 0.1) is 28.5 Å². The molecule has 0 radical (unpaired) electrons. The number of anilines is 1. The number of aromatic amines is 1. The zero-order chi connectivity index (χ0) is 23.4. The minimum atomic E-state index is -3.01. The number of ether oxygens (including phenoxy) is 1. The first kappa shape index (κ1) is 21.8. The van der Waals surface area contributed by atoms with Crippen LogP contribution in [0.2, 0.25) is 0 Å². The highest BCUT2D eigenvalue weighted by atomic mass is 32.1. The van der Waals surface area contributed by atoms with Crippen molar-refractivity contribution in [3.05, 3.63) is 54.7 Å². The zero-order valence-corrected chi connectivity index (χ0v) is 17.2.